The van der Waals surface area contributed by atoms with Crippen LogP contribution < -0.4 is 5.32 Å². The van der Waals surface area contributed by atoms with Crippen molar-refractivity contribution in [3.63, 3.8) is 0 Å². The number of hydrogen-bond donors (Lipinski definition) is 1. The van der Waals surface area contributed by atoms with Gasteiger partial charge in [-0.25, -0.2) is 0 Å². The summed E-state index contributed by atoms with van der Waals surface area (Å²) in [6.07, 6.45) is 6.89. The van der Waals surface area contributed by atoms with Gasteiger partial charge in [0.05, 0.1) is 6.04 Å². The van der Waals surface area contributed by atoms with Crippen LogP contribution >= 0.6 is 0 Å². The molecular weight excluding hydrogens is 356 g/mol. The molecule has 1 atom stereocenters. The smallest absolute Gasteiger partial charge is 0.223 e. The maximum absolute atomic E-state index is 12.9. The van der Waals surface area contributed by atoms with E-state index in [0.29, 0.717) is 0 Å². The quantitative estimate of drug-likeness (QED) is 0.782. The minimum atomic E-state index is 0.0831. The summed E-state index contributed by atoms with van der Waals surface area (Å²) in [5, 5.41) is 3.29. The lowest BCUT2D eigenvalue weighted by Gasteiger charge is -2.32. The Bertz CT molecular complexity index is 852. The molecule has 0 bridgehead atoms. The van der Waals surface area contributed by atoms with Crippen LogP contribution in [-0.2, 0) is 24.2 Å². The highest BCUT2D eigenvalue weighted by atomic mass is 16.1. The zero-order valence-corrected chi connectivity index (χ0v) is 17.9. The first-order valence-electron chi connectivity index (χ1n) is 11.3. The number of piperidine rings is 1. The molecule has 1 aliphatic heterocycles. The lowest BCUT2D eigenvalue weighted by atomic mass is 9.89. The average molecular weight is 391 g/mol. The molecule has 0 unspecified atom stereocenters. The predicted molar refractivity (Wildman–Crippen MR) is 119 cm³/mol. The zero-order valence-electron chi connectivity index (χ0n) is 17.9. The molecule has 0 saturated carbocycles. The van der Waals surface area contributed by atoms with Crippen LogP contribution in [0.15, 0.2) is 42.5 Å². The van der Waals surface area contributed by atoms with E-state index in [4.69, 9.17) is 0 Å². The van der Waals surface area contributed by atoms with Gasteiger partial charge in [-0.15, -0.1) is 0 Å². The van der Waals surface area contributed by atoms with Crippen molar-refractivity contribution in [2.75, 3.05) is 13.1 Å². The Morgan fingerprint density at radius 3 is 2.55 bits per heavy atom. The minimum Gasteiger partial charge on any atom is -0.349 e. The standard InChI is InChI=1S/C26H34N2O/c1-19-7-3-4-10-25(19)18-28-15-13-22(14-16-28)26(29)27-20(2)23-12-11-21-8-5-6-9-24(21)17-23/h3-4,7,10-12,17,20,22H,5-6,8-9,13-16,18H2,1-2H3,(H,27,29)/t20-/m1/s1. The lowest BCUT2D eigenvalue weighted by molar-refractivity contribution is -0.127. The normalized spacial score (nSPS) is 18.8. The Morgan fingerprint density at radius 2 is 1.79 bits per heavy atom. The number of carbonyl (C=O) groups is 1. The van der Waals surface area contributed by atoms with Crippen molar-refractivity contribution >= 4 is 5.91 Å². The van der Waals surface area contributed by atoms with E-state index in [-0.39, 0.29) is 17.9 Å². The number of aryl methyl sites for hydroxylation is 3. The first-order valence-corrected chi connectivity index (χ1v) is 11.3. The Balaban J connectivity index is 1.29. The van der Waals surface area contributed by atoms with E-state index in [9.17, 15) is 4.79 Å². The van der Waals surface area contributed by atoms with Crippen LogP contribution in [0.3, 0.4) is 0 Å². The van der Waals surface area contributed by atoms with Gasteiger partial charge in [0.1, 0.15) is 0 Å². The number of amides is 1. The van der Waals surface area contributed by atoms with E-state index in [2.05, 4.69) is 66.5 Å². The van der Waals surface area contributed by atoms with Crippen molar-refractivity contribution in [3.8, 4) is 0 Å². The van der Waals surface area contributed by atoms with E-state index in [1.807, 2.05) is 0 Å². The average Bonchev–Trinajstić information content (AvgIpc) is 2.75. The van der Waals surface area contributed by atoms with Crippen LogP contribution in [-0.4, -0.2) is 23.9 Å². The first kappa shape index (κ1) is 20.2. The molecule has 1 saturated heterocycles. The van der Waals surface area contributed by atoms with Crippen LogP contribution in [0.5, 0.6) is 0 Å². The predicted octanol–water partition coefficient (Wildman–Crippen LogP) is 4.96. The zero-order chi connectivity index (χ0) is 20.2. The van der Waals surface area contributed by atoms with Gasteiger partial charge < -0.3 is 5.32 Å². The molecule has 29 heavy (non-hydrogen) atoms. The molecule has 2 aromatic rings. The molecule has 2 aromatic carbocycles. The van der Waals surface area contributed by atoms with Crippen molar-refractivity contribution in [1.82, 2.24) is 10.2 Å². The molecule has 1 fully saturated rings. The molecule has 1 aliphatic carbocycles. The van der Waals surface area contributed by atoms with Crippen LogP contribution in [0.25, 0.3) is 0 Å². The van der Waals surface area contributed by atoms with Gasteiger partial charge in [-0.1, -0.05) is 42.5 Å². The molecule has 4 rings (SSSR count). The summed E-state index contributed by atoms with van der Waals surface area (Å²) in [5.74, 6) is 0.369. The summed E-state index contributed by atoms with van der Waals surface area (Å²) >= 11 is 0. The Labute approximate surface area is 175 Å². The third kappa shape index (κ3) is 4.90. The highest BCUT2D eigenvalue weighted by molar-refractivity contribution is 5.79. The highest BCUT2D eigenvalue weighted by Gasteiger charge is 2.26. The van der Waals surface area contributed by atoms with Gasteiger partial charge >= 0.3 is 0 Å². The van der Waals surface area contributed by atoms with Crippen molar-refractivity contribution in [2.24, 2.45) is 5.92 Å². The van der Waals surface area contributed by atoms with Crippen molar-refractivity contribution in [2.45, 2.75) is 65.0 Å². The van der Waals surface area contributed by atoms with Crippen molar-refractivity contribution in [1.29, 1.82) is 0 Å². The molecule has 0 spiro atoms. The van der Waals surface area contributed by atoms with Crippen LogP contribution in [0, 0.1) is 12.8 Å². The topological polar surface area (TPSA) is 32.3 Å². The molecule has 2 aliphatic rings. The van der Waals surface area contributed by atoms with E-state index < -0.39 is 0 Å². The number of benzene rings is 2. The number of fused-ring (bicyclic) bond motifs is 1. The second-order valence-electron chi connectivity index (χ2n) is 8.94. The fraction of sp³-hybridized carbons (Fsp3) is 0.500. The molecule has 0 radical (unpaired) electrons. The summed E-state index contributed by atoms with van der Waals surface area (Å²) in [4.78, 5) is 15.3. The van der Waals surface area contributed by atoms with Gasteiger partial charge in [0.2, 0.25) is 5.91 Å². The molecule has 1 N–H and O–H groups in total. The molecule has 1 heterocycles. The van der Waals surface area contributed by atoms with Crippen LogP contribution in [0.1, 0.15) is 66.5 Å². The number of carbonyl (C=O) groups excluding carboxylic acids is 1. The van der Waals surface area contributed by atoms with Gasteiger partial charge in [-0.05, 0) is 93.3 Å². The van der Waals surface area contributed by atoms with E-state index in [1.54, 1.807) is 0 Å². The third-order valence-corrected chi connectivity index (χ3v) is 6.84. The second-order valence-corrected chi connectivity index (χ2v) is 8.94. The van der Waals surface area contributed by atoms with Crippen LogP contribution in [0.2, 0.25) is 0 Å². The first-order chi connectivity index (χ1) is 14.1. The Morgan fingerprint density at radius 1 is 1.07 bits per heavy atom. The minimum absolute atomic E-state index is 0.0831. The number of likely N-dealkylation sites (tertiary alicyclic amines) is 1. The monoisotopic (exact) mass is 390 g/mol. The molecular formula is C26H34N2O. The van der Waals surface area contributed by atoms with E-state index in [0.717, 1.165) is 32.5 Å². The summed E-state index contributed by atoms with van der Waals surface area (Å²) in [6, 6.07) is 15.5. The SMILES string of the molecule is Cc1ccccc1CN1CCC(C(=O)N[C@H](C)c2ccc3c(c2)CCCC3)CC1. The lowest BCUT2D eigenvalue weighted by Crippen LogP contribution is -2.41. The van der Waals surface area contributed by atoms with Gasteiger partial charge in [0.25, 0.3) is 0 Å². The number of nitrogens with one attached hydrogen (secondary N) is 1. The fourth-order valence-corrected chi connectivity index (χ4v) is 4.82. The maximum Gasteiger partial charge on any atom is 0.223 e. The third-order valence-electron chi connectivity index (χ3n) is 6.84. The summed E-state index contributed by atoms with van der Waals surface area (Å²) in [7, 11) is 0. The Kier molecular flexibility index (Phi) is 6.34. The second kappa shape index (κ2) is 9.13. The largest absolute Gasteiger partial charge is 0.349 e. The van der Waals surface area contributed by atoms with Crippen molar-refractivity contribution < 1.29 is 4.79 Å². The number of rotatable bonds is 5. The summed E-state index contributed by atoms with van der Waals surface area (Å²) < 4.78 is 0. The van der Waals surface area contributed by atoms with Crippen molar-refractivity contribution in [3.05, 3.63) is 70.3 Å². The van der Waals surface area contributed by atoms with Gasteiger partial charge in [-0.3, -0.25) is 9.69 Å². The molecule has 154 valence electrons. The molecule has 3 nitrogen and oxygen atoms in total. The van der Waals surface area contributed by atoms with E-state index in [1.165, 1.54) is 53.5 Å². The Hall–Kier alpha value is -2.13. The van der Waals surface area contributed by atoms with E-state index >= 15 is 0 Å². The van der Waals surface area contributed by atoms with Crippen LogP contribution in [0.4, 0.5) is 0 Å². The van der Waals surface area contributed by atoms with Gasteiger partial charge in [0.15, 0.2) is 0 Å². The number of nitrogens with zero attached hydrogens (tertiary/aromatic N) is 1. The summed E-state index contributed by atoms with van der Waals surface area (Å²) in [5.41, 5.74) is 6.98. The number of hydrogen-bond acceptors (Lipinski definition) is 2. The fourth-order valence-electron chi connectivity index (χ4n) is 4.82. The summed E-state index contributed by atoms with van der Waals surface area (Å²) in [6.45, 7) is 7.29. The molecule has 0 aromatic heterocycles. The highest BCUT2D eigenvalue weighted by Crippen LogP contribution is 2.26. The maximum atomic E-state index is 12.9. The van der Waals surface area contributed by atoms with Gasteiger partial charge in [-0.2, -0.15) is 0 Å². The molecule has 3 heteroatoms. The van der Waals surface area contributed by atoms with Gasteiger partial charge in [0, 0.05) is 12.5 Å². The molecule has 1 amide bonds.